The molecule has 1 aliphatic heterocycles. The second-order valence-corrected chi connectivity index (χ2v) is 11.2. The predicted octanol–water partition coefficient (Wildman–Crippen LogP) is 7.53. The van der Waals surface area contributed by atoms with E-state index in [0.717, 1.165) is 49.1 Å². The van der Waals surface area contributed by atoms with E-state index in [1.807, 2.05) is 10.6 Å². The van der Waals surface area contributed by atoms with Gasteiger partial charge in [-0.25, -0.2) is 22.4 Å². The molecule has 0 atom stereocenters. The van der Waals surface area contributed by atoms with Gasteiger partial charge >= 0.3 is 5.69 Å². The average Bonchev–Trinajstić information content (AvgIpc) is 3.23. The number of nitrogens with one attached hydrogen (secondary N) is 1. The molecule has 2 heterocycles. The molecule has 3 aromatic carbocycles. The summed E-state index contributed by atoms with van der Waals surface area (Å²) in [6, 6.07) is 12.5. The van der Waals surface area contributed by atoms with Gasteiger partial charge in [-0.15, -0.1) is 12.4 Å². The molecule has 0 radical (unpaired) electrons. The number of nitrogens with zero attached hydrogens (tertiary/aromatic N) is 2. The van der Waals surface area contributed by atoms with Crippen molar-refractivity contribution in [2.45, 2.75) is 56.0 Å². The van der Waals surface area contributed by atoms with Gasteiger partial charge in [0.15, 0.2) is 0 Å². The number of halogens is 6. The molecular weight excluding hydrogens is 565 g/mol. The van der Waals surface area contributed by atoms with Crippen molar-refractivity contribution in [3.05, 3.63) is 105 Å². The summed E-state index contributed by atoms with van der Waals surface area (Å²) in [7, 11) is 0. The van der Waals surface area contributed by atoms with Crippen molar-refractivity contribution in [1.82, 2.24) is 14.5 Å². The second-order valence-electron chi connectivity index (χ2n) is 10.8. The summed E-state index contributed by atoms with van der Waals surface area (Å²) < 4.78 is 59.5. The quantitative estimate of drug-likeness (QED) is 0.248. The van der Waals surface area contributed by atoms with E-state index in [9.17, 15) is 13.6 Å². The summed E-state index contributed by atoms with van der Waals surface area (Å²) in [4.78, 5) is 18.0. The third-order valence-corrected chi connectivity index (χ3v) is 9.00. The largest absolute Gasteiger partial charge is 0.326 e. The molecule has 1 saturated heterocycles. The lowest BCUT2D eigenvalue weighted by Crippen LogP contribution is -2.47. The van der Waals surface area contributed by atoms with Gasteiger partial charge < -0.3 is 9.88 Å². The van der Waals surface area contributed by atoms with Crippen LogP contribution in [-0.2, 0) is 5.41 Å². The lowest BCUT2D eigenvalue weighted by atomic mass is 9.63. The van der Waals surface area contributed by atoms with Crippen LogP contribution in [0.1, 0.15) is 55.7 Å². The zero-order chi connectivity index (χ0) is 27.3. The summed E-state index contributed by atoms with van der Waals surface area (Å²) in [6.07, 6.45) is 3.87. The van der Waals surface area contributed by atoms with Crippen LogP contribution in [0.2, 0.25) is 5.02 Å². The van der Waals surface area contributed by atoms with Crippen molar-refractivity contribution in [3.63, 3.8) is 0 Å². The third kappa shape index (κ3) is 5.06. The van der Waals surface area contributed by atoms with Crippen LogP contribution < -0.4 is 5.69 Å². The number of benzene rings is 3. The Bertz CT molecular complexity index is 1530. The first kappa shape index (κ1) is 28.7. The summed E-state index contributed by atoms with van der Waals surface area (Å²) in [5.41, 5.74) is 0.891. The highest BCUT2D eigenvalue weighted by atomic mass is 35.5. The molecule has 1 N–H and O–H groups in total. The third-order valence-electron chi connectivity index (χ3n) is 8.76. The zero-order valence-corrected chi connectivity index (χ0v) is 23.2. The van der Waals surface area contributed by atoms with E-state index < -0.39 is 28.7 Å². The highest BCUT2D eigenvalue weighted by Crippen LogP contribution is 2.48. The Hall–Kier alpha value is -2.81. The van der Waals surface area contributed by atoms with Crippen LogP contribution >= 0.6 is 24.0 Å². The molecule has 2 fully saturated rings. The van der Waals surface area contributed by atoms with Gasteiger partial charge in [0.2, 0.25) is 0 Å². The summed E-state index contributed by atoms with van der Waals surface area (Å²) in [6.45, 7) is 1.59. The number of hydrogen-bond acceptors (Lipinski definition) is 2. The molecule has 4 nitrogen and oxygen atoms in total. The molecule has 0 amide bonds. The molecule has 10 heteroatoms. The molecule has 1 aliphatic carbocycles. The van der Waals surface area contributed by atoms with E-state index in [1.165, 1.54) is 24.3 Å². The highest BCUT2D eigenvalue weighted by molar-refractivity contribution is 6.31. The van der Waals surface area contributed by atoms with E-state index in [1.54, 1.807) is 12.1 Å². The lowest BCUT2D eigenvalue weighted by Gasteiger charge is -2.46. The minimum Gasteiger partial charge on any atom is -0.305 e. The number of imidazole rings is 1. The van der Waals surface area contributed by atoms with E-state index in [-0.39, 0.29) is 41.3 Å². The Kier molecular flexibility index (Phi) is 8.06. The fraction of sp³-hybridized carbons (Fsp3) is 0.367. The van der Waals surface area contributed by atoms with Crippen LogP contribution in [0.3, 0.4) is 0 Å². The standard InChI is InChI=1S/C30H28ClF4N3O.ClH/c31-18-1-6-28-27(15-18)36-29(39)38(28)22-9-13-37(14-10-22)21-7-11-30(12-8-21,23-4-2-19(32)16-25(23)34)24-5-3-20(33)17-26(24)35;/h1-6,15-17,21-22H,7-14H2,(H,36,39);1H. The van der Waals surface area contributed by atoms with Crippen molar-refractivity contribution in [2.24, 2.45) is 0 Å². The van der Waals surface area contributed by atoms with E-state index in [4.69, 9.17) is 11.6 Å². The van der Waals surface area contributed by atoms with Crippen LogP contribution in [-0.4, -0.2) is 33.6 Å². The predicted molar refractivity (Wildman–Crippen MR) is 150 cm³/mol. The van der Waals surface area contributed by atoms with Gasteiger partial charge in [0.1, 0.15) is 23.3 Å². The number of hydrogen-bond donors (Lipinski definition) is 1. The zero-order valence-electron chi connectivity index (χ0n) is 21.6. The number of aromatic amines is 1. The van der Waals surface area contributed by atoms with Crippen molar-refractivity contribution >= 4 is 35.0 Å². The maximum absolute atomic E-state index is 15.1. The van der Waals surface area contributed by atoms with Gasteiger partial charge in [0.05, 0.1) is 11.0 Å². The Labute approximate surface area is 240 Å². The van der Waals surface area contributed by atoms with Gasteiger partial charge in [-0.05, 0) is 80.0 Å². The van der Waals surface area contributed by atoms with Crippen molar-refractivity contribution in [3.8, 4) is 0 Å². The number of likely N-dealkylation sites (tertiary alicyclic amines) is 1. The maximum atomic E-state index is 15.1. The molecule has 212 valence electrons. The Morgan fingerprint density at radius 3 is 1.90 bits per heavy atom. The molecule has 6 rings (SSSR count). The lowest BCUT2D eigenvalue weighted by molar-refractivity contribution is 0.0936. The molecule has 40 heavy (non-hydrogen) atoms. The van der Waals surface area contributed by atoms with Gasteiger partial charge in [0.25, 0.3) is 0 Å². The Morgan fingerprint density at radius 2 is 1.35 bits per heavy atom. The molecular formula is C30H29Cl2F4N3O. The summed E-state index contributed by atoms with van der Waals surface area (Å²) in [5.74, 6) is -2.83. The highest BCUT2D eigenvalue weighted by Gasteiger charge is 2.43. The van der Waals surface area contributed by atoms with Crippen LogP contribution in [0, 0.1) is 23.3 Å². The van der Waals surface area contributed by atoms with E-state index >= 15 is 8.78 Å². The molecule has 0 bridgehead atoms. The molecule has 1 saturated carbocycles. The number of piperidine rings is 1. The van der Waals surface area contributed by atoms with Crippen molar-refractivity contribution in [1.29, 1.82) is 0 Å². The summed E-state index contributed by atoms with van der Waals surface area (Å²) in [5, 5.41) is 0.570. The van der Waals surface area contributed by atoms with E-state index in [2.05, 4.69) is 9.88 Å². The maximum Gasteiger partial charge on any atom is 0.326 e. The molecule has 4 aromatic rings. The SMILES string of the molecule is Cl.O=c1[nH]c2cc(Cl)ccc2n1C1CCN(C2CCC(c3ccc(F)cc3F)(c3ccc(F)cc3F)CC2)CC1. The van der Waals surface area contributed by atoms with Crippen LogP contribution in [0.15, 0.2) is 59.4 Å². The van der Waals surface area contributed by atoms with E-state index in [0.29, 0.717) is 30.7 Å². The van der Waals surface area contributed by atoms with Crippen molar-refractivity contribution in [2.75, 3.05) is 13.1 Å². The number of H-pyrrole nitrogens is 1. The minimum absolute atomic E-state index is 0. The first-order chi connectivity index (χ1) is 18.7. The normalized spacial score (nSPS) is 18.6. The first-order valence-corrected chi connectivity index (χ1v) is 13.7. The molecule has 2 aliphatic rings. The molecule has 1 aromatic heterocycles. The number of aromatic nitrogens is 2. The summed E-state index contributed by atoms with van der Waals surface area (Å²) >= 11 is 6.09. The topological polar surface area (TPSA) is 41.0 Å². The Balaban J connectivity index is 0.00000323. The first-order valence-electron chi connectivity index (χ1n) is 13.3. The molecule has 0 unspecified atom stereocenters. The van der Waals surface area contributed by atoms with Gasteiger partial charge in [-0.1, -0.05) is 23.7 Å². The van der Waals surface area contributed by atoms with Gasteiger partial charge in [0, 0.05) is 47.7 Å². The fourth-order valence-corrected chi connectivity index (χ4v) is 7.05. The van der Waals surface area contributed by atoms with Gasteiger partial charge in [-0.2, -0.15) is 0 Å². The fourth-order valence-electron chi connectivity index (χ4n) is 6.87. The van der Waals surface area contributed by atoms with Crippen LogP contribution in [0.4, 0.5) is 17.6 Å². The monoisotopic (exact) mass is 593 g/mol. The Morgan fingerprint density at radius 1 is 0.775 bits per heavy atom. The number of fused-ring (bicyclic) bond motifs is 1. The smallest absolute Gasteiger partial charge is 0.305 e. The minimum atomic E-state index is -1.01. The number of rotatable bonds is 4. The van der Waals surface area contributed by atoms with Crippen molar-refractivity contribution < 1.29 is 17.6 Å². The van der Waals surface area contributed by atoms with Crippen LogP contribution in [0.25, 0.3) is 11.0 Å². The average molecular weight is 594 g/mol. The molecule has 0 spiro atoms. The van der Waals surface area contributed by atoms with Crippen LogP contribution in [0.5, 0.6) is 0 Å². The van der Waals surface area contributed by atoms with Gasteiger partial charge in [-0.3, -0.25) is 4.57 Å². The second kappa shape index (κ2) is 11.2.